The van der Waals surface area contributed by atoms with E-state index in [0.717, 1.165) is 16.0 Å². The van der Waals surface area contributed by atoms with E-state index in [4.69, 9.17) is 0 Å². The van der Waals surface area contributed by atoms with Crippen molar-refractivity contribution in [2.45, 2.75) is 71.9 Å². The molecule has 146 valence electrons. The van der Waals surface area contributed by atoms with Gasteiger partial charge in [0.25, 0.3) is 0 Å². The average Bonchev–Trinajstić information content (AvgIpc) is 2.55. The molecule has 0 atom stereocenters. The molecule has 0 aromatic carbocycles. The van der Waals surface area contributed by atoms with Crippen LogP contribution in [0.2, 0.25) is 0 Å². The third kappa shape index (κ3) is 5.24. The Labute approximate surface area is 204 Å². The number of rotatable bonds is 11. The molecule has 4 aliphatic rings. The first-order valence-electron chi connectivity index (χ1n) is 8.87. The van der Waals surface area contributed by atoms with Gasteiger partial charge in [-0.15, -0.1) is 70.6 Å². The summed E-state index contributed by atoms with van der Waals surface area (Å²) < 4.78 is 1.47. The summed E-state index contributed by atoms with van der Waals surface area (Å²) in [6, 6.07) is 0. The van der Waals surface area contributed by atoms with Crippen molar-refractivity contribution in [3.8, 4) is 0 Å². The van der Waals surface area contributed by atoms with E-state index >= 15 is 0 Å². The van der Waals surface area contributed by atoms with Crippen LogP contribution in [0.4, 0.5) is 0 Å². The van der Waals surface area contributed by atoms with Crippen molar-refractivity contribution in [3.05, 3.63) is 0 Å². The lowest BCUT2D eigenvalue weighted by Crippen LogP contribution is -2.54. The van der Waals surface area contributed by atoms with E-state index in [2.05, 4.69) is 125 Å². The van der Waals surface area contributed by atoms with Crippen molar-refractivity contribution < 1.29 is 0 Å². The number of hydrogen-bond acceptors (Lipinski definition) is 6. The Hall–Kier alpha value is 3.54. The Morgan fingerprint density at radius 2 is 0.800 bits per heavy atom. The first-order chi connectivity index (χ1) is 12.0. The van der Waals surface area contributed by atoms with Crippen LogP contribution in [-0.2, 0) is 0 Å². The van der Waals surface area contributed by atoms with Crippen LogP contribution in [0.1, 0.15) is 58.3 Å². The molecule has 4 fully saturated rings. The maximum atomic E-state index is 3.69. The second-order valence-corrected chi connectivity index (χ2v) is 21.5. The largest absolute Gasteiger partial charge is 0.113 e. The van der Waals surface area contributed by atoms with Gasteiger partial charge >= 0.3 is 0 Å². The molecule has 4 heterocycles. The third-order valence-electron chi connectivity index (χ3n) is 4.27. The molecule has 9 heteroatoms. The van der Waals surface area contributed by atoms with E-state index in [9.17, 15) is 0 Å². The number of alkyl halides is 3. The van der Waals surface area contributed by atoms with E-state index < -0.39 is 0 Å². The summed E-state index contributed by atoms with van der Waals surface area (Å²) in [7, 11) is 0. The van der Waals surface area contributed by atoms with Crippen molar-refractivity contribution in [3.63, 3.8) is 0 Å². The van der Waals surface area contributed by atoms with Gasteiger partial charge in [0.1, 0.15) is 13.6 Å². The van der Waals surface area contributed by atoms with E-state index in [1.165, 1.54) is 51.4 Å². The van der Waals surface area contributed by atoms with Crippen LogP contribution in [0, 0.1) is 0 Å². The maximum Gasteiger partial charge on any atom is 0.113 e. The Bertz CT molecular complexity index is 397. The summed E-state index contributed by atoms with van der Waals surface area (Å²) in [6.45, 7) is 2.37. The van der Waals surface area contributed by atoms with Crippen LogP contribution in [0.5, 0.6) is 0 Å². The fourth-order valence-electron chi connectivity index (χ4n) is 3.44. The zero-order valence-electron chi connectivity index (χ0n) is 14.4. The molecule has 0 radical (unpaired) electrons. The van der Waals surface area contributed by atoms with Crippen molar-refractivity contribution in [1.29, 1.82) is 0 Å². The highest BCUT2D eigenvalue weighted by molar-refractivity contribution is 9.09. The zero-order chi connectivity index (χ0) is 18.0. The standard InChI is InChI=1S/C16H25Br3S6/c1-2-6-13-20-14(7-3-10-17)23-15(21-13,8-4-11-18)25-16(22-13,24-14)9-5-12-19/h2-12H2,1H3. The van der Waals surface area contributed by atoms with Crippen LogP contribution in [0.15, 0.2) is 0 Å². The second kappa shape index (κ2) is 9.78. The van der Waals surface area contributed by atoms with Gasteiger partial charge in [0, 0.05) is 16.0 Å². The van der Waals surface area contributed by atoms with E-state index in [0.29, 0.717) is 13.6 Å². The van der Waals surface area contributed by atoms with E-state index in [1.54, 1.807) is 0 Å². The van der Waals surface area contributed by atoms with Gasteiger partial charge in [0.15, 0.2) is 0 Å². The second-order valence-electron chi connectivity index (χ2n) is 6.47. The van der Waals surface area contributed by atoms with Gasteiger partial charge in [0.05, 0.1) is 0 Å². The minimum absolute atomic E-state index is 0.364. The molecular weight excluding hydrogens is 624 g/mol. The van der Waals surface area contributed by atoms with Gasteiger partial charge < -0.3 is 0 Å². The molecule has 4 aliphatic heterocycles. The molecule has 0 saturated carbocycles. The summed E-state index contributed by atoms with van der Waals surface area (Å²) in [4.78, 5) is 0. The predicted molar refractivity (Wildman–Crippen MR) is 140 cm³/mol. The zero-order valence-corrected chi connectivity index (χ0v) is 24.0. The van der Waals surface area contributed by atoms with Crippen molar-refractivity contribution in [2.24, 2.45) is 0 Å². The molecule has 4 bridgehead atoms. The molecule has 25 heavy (non-hydrogen) atoms. The molecule has 4 saturated heterocycles. The van der Waals surface area contributed by atoms with Crippen LogP contribution in [0.3, 0.4) is 0 Å². The summed E-state index contributed by atoms with van der Waals surface area (Å²) >= 11 is 25.0. The predicted octanol–water partition coefficient (Wildman–Crippen LogP) is 9.37. The summed E-state index contributed by atoms with van der Waals surface area (Å²) in [5.74, 6) is 0. The first-order valence-corrected chi connectivity index (χ1v) is 17.1. The number of hydrogen-bond donors (Lipinski definition) is 0. The monoisotopic (exact) mass is 646 g/mol. The minimum atomic E-state index is 0.364. The first kappa shape index (κ1) is 23.2. The van der Waals surface area contributed by atoms with Crippen LogP contribution in [-0.4, -0.2) is 29.6 Å². The molecule has 0 amide bonds. The van der Waals surface area contributed by atoms with Gasteiger partial charge in [-0.2, -0.15) is 0 Å². The highest BCUT2D eigenvalue weighted by atomic mass is 79.9. The number of thioether (sulfide) groups is 6. The van der Waals surface area contributed by atoms with Gasteiger partial charge in [-0.1, -0.05) is 61.1 Å². The Morgan fingerprint density at radius 3 is 1.04 bits per heavy atom. The van der Waals surface area contributed by atoms with Gasteiger partial charge in [-0.3, -0.25) is 0 Å². The lowest BCUT2D eigenvalue weighted by Gasteiger charge is -2.67. The van der Waals surface area contributed by atoms with Crippen molar-refractivity contribution in [2.75, 3.05) is 16.0 Å². The molecule has 0 aromatic heterocycles. The summed E-state index contributed by atoms with van der Waals surface area (Å²) in [5.41, 5.74) is 0. The van der Waals surface area contributed by atoms with Gasteiger partial charge in [0.2, 0.25) is 0 Å². The van der Waals surface area contributed by atoms with Gasteiger partial charge in [-0.05, 0) is 44.9 Å². The van der Waals surface area contributed by atoms with Crippen molar-refractivity contribution >= 4 is 118 Å². The van der Waals surface area contributed by atoms with Crippen molar-refractivity contribution in [1.82, 2.24) is 0 Å². The molecule has 0 N–H and O–H groups in total. The molecule has 0 aliphatic carbocycles. The summed E-state index contributed by atoms with van der Waals surface area (Å²) in [5, 5.41) is 3.40. The fourth-order valence-corrected chi connectivity index (χ4v) is 26.3. The molecule has 0 nitrogen and oxygen atoms in total. The molecular formula is C16H25Br3S6. The Balaban J connectivity index is 1.94. The summed E-state index contributed by atoms with van der Waals surface area (Å²) in [6.07, 6.45) is 10.5. The lowest BCUT2D eigenvalue weighted by molar-refractivity contribution is 0.759. The topological polar surface area (TPSA) is 0 Å². The van der Waals surface area contributed by atoms with Crippen LogP contribution < -0.4 is 0 Å². The van der Waals surface area contributed by atoms with Gasteiger partial charge in [-0.25, -0.2) is 0 Å². The smallest absolute Gasteiger partial charge is 0.104 e. The number of halogens is 3. The lowest BCUT2D eigenvalue weighted by atomic mass is 10.3. The van der Waals surface area contributed by atoms with E-state index in [-0.39, 0.29) is 0 Å². The molecule has 4 rings (SSSR count). The Morgan fingerprint density at radius 1 is 0.520 bits per heavy atom. The molecule has 0 spiro atoms. The quantitative estimate of drug-likeness (QED) is 0.203. The van der Waals surface area contributed by atoms with Crippen LogP contribution >= 0.6 is 118 Å². The third-order valence-corrected chi connectivity index (χ3v) is 18.1. The normalized spacial score (nSPS) is 42.2. The molecule has 0 aromatic rings. The highest BCUT2D eigenvalue weighted by Crippen LogP contribution is 2.91. The fraction of sp³-hybridized carbons (Fsp3) is 1.00. The van der Waals surface area contributed by atoms with Crippen LogP contribution in [0.25, 0.3) is 0 Å². The average molecular weight is 649 g/mol. The van der Waals surface area contributed by atoms with E-state index in [1.807, 2.05) is 0 Å². The highest BCUT2D eigenvalue weighted by Gasteiger charge is 2.71. The SMILES string of the molecule is CCCC12SC3(CCCBr)SC(CCCBr)(S1)SC(CCCBr)(S2)S3. The maximum absolute atomic E-state index is 3.69. The minimum Gasteiger partial charge on any atom is -0.104 e. The molecule has 0 unspecified atom stereocenters. The Kier molecular flexibility index (Phi) is 9.08.